The molecule has 1 N–H and O–H groups in total. The van der Waals surface area contributed by atoms with Crippen LogP contribution >= 0.6 is 11.3 Å². The van der Waals surface area contributed by atoms with E-state index in [1.54, 1.807) is 6.92 Å². The first-order valence-corrected chi connectivity index (χ1v) is 6.97. The van der Waals surface area contributed by atoms with Crippen LogP contribution in [0.15, 0.2) is 0 Å². The van der Waals surface area contributed by atoms with Crippen LogP contribution in [0.25, 0.3) is 0 Å². The fourth-order valence-corrected chi connectivity index (χ4v) is 2.53. The first-order chi connectivity index (χ1) is 9.64. The number of aromatic nitrogens is 1. The standard InChI is InChI=1S/C12H15F3N2O3S/c1-4-20-10(19)8-9(7(3)18)21-11(17-8)16-6(2)5-12(13,14)15/h6H,4-5H2,1-3H3,(H,16,17). The molecule has 0 radical (unpaired) electrons. The number of halogens is 3. The minimum atomic E-state index is -4.31. The van der Waals surface area contributed by atoms with E-state index in [9.17, 15) is 22.8 Å². The third-order valence-corrected chi connectivity index (χ3v) is 3.41. The summed E-state index contributed by atoms with van der Waals surface area (Å²) in [4.78, 5) is 27.0. The Bertz CT molecular complexity index is 528. The van der Waals surface area contributed by atoms with E-state index in [-0.39, 0.29) is 22.3 Å². The van der Waals surface area contributed by atoms with Crippen molar-refractivity contribution in [2.45, 2.75) is 39.4 Å². The molecule has 1 rings (SSSR count). The van der Waals surface area contributed by atoms with Gasteiger partial charge in [0.2, 0.25) is 0 Å². The van der Waals surface area contributed by atoms with Crippen molar-refractivity contribution in [3.8, 4) is 0 Å². The topological polar surface area (TPSA) is 68.3 Å². The number of hydrogen-bond donors (Lipinski definition) is 1. The first kappa shape index (κ1) is 17.4. The maximum Gasteiger partial charge on any atom is 0.391 e. The molecule has 0 amide bonds. The Morgan fingerprint density at radius 2 is 2.05 bits per heavy atom. The van der Waals surface area contributed by atoms with Gasteiger partial charge in [-0.3, -0.25) is 4.79 Å². The zero-order chi connectivity index (χ0) is 16.2. The molecule has 21 heavy (non-hydrogen) atoms. The Balaban J connectivity index is 2.92. The molecule has 9 heteroatoms. The molecule has 0 bridgehead atoms. The molecular formula is C12H15F3N2O3S. The largest absolute Gasteiger partial charge is 0.461 e. The highest BCUT2D eigenvalue weighted by Gasteiger charge is 2.31. The Hall–Kier alpha value is -1.64. The van der Waals surface area contributed by atoms with Gasteiger partial charge in [-0.15, -0.1) is 0 Å². The van der Waals surface area contributed by atoms with Crippen molar-refractivity contribution in [3.63, 3.8) is 0 Å². The molecule has 5 nitrogen and oxygen atoms in total. The number of anilines is 1. The lowest BCUT2D eigenvalue weighted by Crippen LogP contribution is -2.23. The number of nitrogens with one attached hydrogen (secondary N) is 1. The van der Waals surface area contributed by atoms with Crippen molar-refractivity contribution in [1.29, 1.82) is 0 Å². The quantitative estimate of drug-likeness (QED) is 0.642. The van der Waals surface area contributed by atoms with E-state index in [1.807, 2.05) is 0 Å². The summed E-state index contributed by atoms with van der Waals surface area (Å²) in [7, 11) is 0. The van der Waals surface area contributed by atoms with Gasteiger partial charge in [0.05, 0.1) is 13.0 Å². The second-order valence-corrected chi connectivity index (χ2v) is 5.34. The van der Waals surface area contributed by atoms with E-state index in [0.29, 0.717) is 0 Å². The minimum absolute atomic E-state index is 0.0650. The van der Waals surface area contributed by atoms with Gasteiger partial charge < -0.3 is 10.1 Å². The highest BCUT2D eigenvalue weighted by Crippen LogP contribution is 2.27. The van der Waals surface area contributed by atoms with Gasteiger partial charge in [0.15, 0.2) is 16.6 Å². The summed E-state index contributed by atoms with van der Waals surface area (Å²) < 4.78 is 41.6. The number of carbonyl (C=O) groups is 2. The molecular weight excluding hydrogens is 309 g/mol. The number of alkyl halides is 3. The van der Waals surface area contributed by atoms with Crippen LogP contribution in [0.2, 0.25) is 0 Å². The van der Waals surface area contributed by atoms with Crippen LogP contribution in [0, 0.1) is 0 Å². The molecule has 0 saturated carbocycles. The Labute approximate surface area is 123 Å². The van der Waals surface area contributed by atoms with Crippen molar-refractivity contribution in [1.82, 2.24) is 4.98 Å². The molecule has 0 aliphatic carbocycles. The van der Waals surface area contributed by atoms with Gasteiger partial charge in [-0.05, 0) is 13.8 Å². The van der Waals surface area contributed by atoms with E-state index < -0.39 is 30.4 Å². The van der Waals surface area contributed by atoms with Crippen LogP contribution < -0.4 is 5.32 Å². The van der Waals surface area contributed by atoms with Gasteiger partial charge in [-0.25, -0.2) is 9.78 Å². The summed E-state index contributed by atoms with van der Waals surface area (Å²) in [5, 5.41) is 2.62. The van der Waals surface area contributed by atoms with Crippen molar-refractivity contribution >= 4 is 28.2 Å². The van der Waals surface area contributed by atoms with Crippen LogP contribution in [-0.2, 0) is 4.74 Å². The molecule has 118 valence electrons. The highest BCUT2D eigenvalue weighted by molar-refractivity contribution is 7.17. The van der Waals surface area contributed by atoms with Crippen molar-refractivity contribution in [2.24, 2.45) is 0 Å². The number of nitrogens with zero attached hydrogens (tertiary/aromatic N) is 1. The zero-order valence-corrected chi connectivity index (χ0v) is 12.5. The fraction of sp³-hybridized carbons (Fsp3) is 0.583. The molecule has 1 aromatic heterocycles. The van der Waals surface area contributed by atoms with Crippen LogP contribution in [-0.4, -0.2) is 35.6 Å². The van der Waals surface area contributed by atoms with Crippen LogP contribution in [0.4, 0.5) is 18.3 Å². The van der Waals surface area contributed by atoms with Gasteiger partial charge >= 0.3 is 12.1 Å². The fourth-order valence-electron chi connectivity index (χ4n) is 1.57. The second kappa shape index (κ2) is 6.88. The normalized spacial score (nSPS) is 12.9. The number of ketones is 1. The molecule has 0 aromatic carbocycles. The first-order valence-electron chi connectivity index (χ1n) is 6.16. The Morgan fingerprint density at radius 3 is 2.52 bits per heavy atom. The van der Waals surface area contributed by atoms with Gasteiger partial charge in [-0.1, -0.05) is 11.3 Å². The maximum absolute atomic E-state index is 12.3. The van der Waals surface area contributed by atoms with Crippen molar-refractivity contribution in [2.75, 3.05) is 11.9 Å². The lowest BCUT2D eigenvalue weighted by Gasteiger charge is -2.14. The summed E-state index contributed by atoms with van der Waals surface area (Å²) >= 11 is 0.836. The van der Waals surface area contributed by atoms with E-state index >= 15 is 0 Å². The molecule has 0 saturated heterocycles. The lowest BCUT2D eigenvalue weighted by atomic mass is 10.2. The van der Waals surface area contributed by atoms with E-state index in [2.05, 4.69) is 10.3 Å². The minimum Gasteiger partial charge on any atom is -0.461 e. The number of esters is 1. The third kappa shape index (κ3) is 5.33. The maximum atomic E-state index is 12.3. The summed E-state index contributed by atoms with van der Waals surface area (Å²) in [5.41, 5.74) is -0.170. The van der Waals surface area contributed by atoms with Gasteiger partial charge in [-0.2, -0.15) is 13.2 Å². The third-order valence-electron chi connectivity index (χ3n) is 2.32. The lowest BCUT2D eigenvalue weighted by molar-refractivity contribution is -0.136. The van der Waals surface area contributed by atoms with Crippen LogP contribution in [0.3, 0.4) is 0 Å². The molecule has 1 atom stereocenters. The van der Waals surface area contributed by atoms with Gasteiger partial charge in [0, 0.05) is 13.0 Å². The van der Waals surface area contributed by atoms with E-state index in [4.69, 9.17) is 4.74 Å². The highest BCUT2D eigenvalue weighted by atomic mass is 32.1. The number of rotatable bonds is 6. The van der Waals surface area contributed by atoms with Crippen LogP contribution in [0.1, 0.15) is 47.4 Å². The zero-order valence-electron chi connectivity index (χ0n) is 11.7. The van der Waals surface area contributed by atoms with Gasteiger partial charge in [0.1, 0.15) is 4.88 Å². The number of hydrogen-bond acceptors (Lipinski definition) is 6. The number of ether oxygens (including phenoxy) is 1. The second-order valence-electron chi connectivity index (χ2n) is 4.34. The summed E-state index contributed by atoms with van der Waals surface area (Å²) in [5.74, 6) is -1.16. The summed E-state index contributed by atoms with van der Waals surface area (Å²) in [6.45, 7) is 4.30. The molecule has 0 spiro atoms. The summed E-state index contributed by atoms with van der Waals surface area (Å²) in [6, 6.07) is -0.925. The molecule has 1 aromatic rings. The average molecular weight is 324 g/mol. The van der Waals surface area contributed by atoms with Crippen LogP contribution in [0.5, 0.6) is 0 Å². The molecule has 1 unspecified atom stereocenters. The SMILES string of the molecule is CCOC(=O)c1nc(NC(C)CC(F)(F)F)sc1C(C)=O. The number of Topliss-reactive ketones (excluding diaryl/α,β-unsaturated/α-hetero) is 1. The Morgan fingerprint density at radius 1 is 1.43 bits per heavy atom. The van der Waals surface area contributed by atoms with Crippen molar-refractivity contribution in [3.05, 3.63) is 10.6 Å². The molecule has 1 heterocycles. The predicted molar refractivity (Wildman–Crippen MR) is 71.8 cm³/mol. The Kier molecular flexibility index (Phi) is 5.70. The van der Waals surface area contributed by atoms with Crippen molar-refractivity contribution < 1.29 is 27.5 Å². The smallest absolute Gasteiger partial charge is 0.391 e. The number of carbonyl (C=O) groups excluding carboxylic acids is 2. The van der Waals surface area contributed by atoms with E-state index in [1.165, 1.54) is 13.8 Å². The predicted octanol–water partition coefficient (Wildman–Crippen LogP) is 3.28. The molecule has 0 fully saturated rings. The van der Waals surface area contributed by atoms with E-state index in [0.717, 1.165) is 11.3 Å². The summed E-state index contributed by atoms with van der Waals surface area (Å²) in [6.07, 6.45) is -5.35. The average Bonchev–Trinajstić information content (AvgIpc) is 2.70. The molecule has 0 aliphatic heterocycles. The molecule has 0 aliphatic rings. The monoisotopic (exact) mass is 324 g/mol. The number of thiazole rings is 1. The van der Waals surface area contributed by atoms with Gasteiger partial charge in [0.25, 0.3) is 0 Å².